The van der Waals surface area contributed by atoms with Crippen molar-refractivity contribution in [1.29, 1.82) is 0 Å². The van der Waals surface area contributed by atoms with Crippen molar-refractivity contribution < 1.29 is 17.4 Å². The second-order valence-electron chi connectivity index (χ2n) is 2.89. The molecule has 3 rings (SSSR count). The van der Waals surface area contributed by atoms with Crippen LogP contribution in [0.5, 0.6) is 0 Å². The summed E-state index contributed by atoms with van der Waals surface area (Å²) in [5.74, 6) is 0. The van der Waals surface area contributed by atoms with Crippen LogP contribution in [0.4, 0.5) is 0 Å². The Labute approximate surface area is 108 Å². The van der Waals surface area contributed by atoms with Crippen molar-refractivity contribution in [3.63, 3.8) is 0 Å². The van der Waals surface area contributed by atoms with Gasteiger partial charge in [-0.25, -0.2) is 36.4 Å². The average Bonchev–Trinajstić information content (AvgIpc) is 3.09. The van der Waals surface area contributed by atoms with E-state index in [1.807, 2.05) is 91.0 Å². The molecular formula is C15H15Cr. The number of hydrogen-bond acceptors (Lipinski definition) is 0. The van der Waals surface area contributed by atoms with Gasteiger partial charge in [0.25, 0.3) is 0 Å². The zero-order chi connectivity index (χ0) is 10.6. The van der Waals surface area contributed by atoms with Crippen LogP contribution in [-0.2, 0) is 17.4 Å². The molecule has 1 radical (unpaired) electrons. The largest absolute Gasteiger partial charge is 3.00 e. The van der Waals surface area contributed by atoms with Crippen molar-refractivity contribution in [3.05, 3.63) is 91.0 Å². The van der Waals surface area contributed by atoms with Crippen molar-refractivity contribution in [1.82, 2.24) is 0 Å². The fraction of sp³-hybridized carbons (Fsp3) is 0. The summed E-state index contributed by atoms with van der Waals surface area (Å²) >= 11 is 0. The zero-order valence-corrected chi connectivity index (χ0v) is 10.3. The number of hydrogen-bond donors (Lipinski definition) is 0. The van der Waals surface area contributed by atoms with Crippen LogP contribution in [0.1, 0.15) is 0 Å². The predicted octanol–water partition coefficient (Wildman–Crippen LogP) is 4.21. The smallest absolute Gasteiger partial charge is 0.214 e. The average molecular weight is 247 g/mol. The molecule has 0 amide bonds. The van der Waals surface area contributed by atoms with E-state index < -0.39 is 0 Å². The van der Waals surface area contributed by atoms with Gasteiger partial charge in [0.05, 0.1) is 0 Å². The third-order valence-corrected chi connectivity index (χ3v) is 1.67. The summed E-state index contributed by atoms with van der Waals surface area (Å²) in [6, 6.07) is 30.0. The Bertz CT molecular complexity index is 237. The minimum Gasteiger partial charge on any atom is -0.214 e. The van der Waals surface area contributed by atoms with E-state index in [-0.39, 0.29) is 17.4 Å². The van der Waals surface area contributed by atoms with Gasteiger partial charge in [-0.15, -0.1) is 0 Å². The molecule has 0 aliphatic heterocycles. The molecule has 0 saturated heterocycles. The summed E-state index contributed by atoms with van der Waals surface area (Å²) in [7, 11) is 0. The van der Waals surface area contributed by atoms with Crippen molar-refractivity contribution in [2.24, 2.45) is 0 Å². The maximum absolute atomic E-state index is 2.00. The first-order valence-electron chi connectivity index (χ1n) is 5.00. The molecule has 0 heterocycles. The predicted molar refractivity (Wildman–Crippen MR) is 66.1 cm³/mol. The molecule has 16 heavy (non-hydrogen) atoms. The van der Waals surface area contributed by atoms with E-state index >= 15 is 0 Å². The van der Waals surface area contributed by atoms with Crippen LogP contribution in [0.25, 0.3) is 0 Å². The van der Waals surface area contributed by atoms with E-state index in [1.54, 1.807) is 0 Å². The Hall–Kier alpha value is -1.42. The summed E-state index contributed by atoms with van der Waals surface area (Å²) in [5.41, 5.74) is 0. The molecular weight excluding hydrogens is 232 g/mol. The van der Waals surface area contributed by atoms with Crippen molar-refractivity contribution in [3.8, 4) is 0 Å². The molecule has 0 saturated carbocycles. The summed E-state index contributed by atoms with van der Waals surface area (Å²) in [5, 5.41) is 0. The molecule has 3 aromatic rings. The van der Waals surface area contributed by atoms with Gasteiger partial charge in [-0.3, -0.25) is 0 Å². The molecule has 81 valence electrons. The van der Waals surface area contributed by atoms with Gasteiger partial charge < -0.3 is 0 Å². The Morgan fingerprint density at radius 3 is 0.625 bits per heavy atom. The molecule has 3 aromatic carbocycles. The van der Waals surface area contributed by atoms with Crippen molar-refractivity contribution in [2.75, 3.05) is 0 Å². The van der Waals surface area contributed by atoms with Crippen molar-refractivity contribution >= 4 is 0 Å². The van der Waals surface area contributed by atoms with E-state index in [0.29, 0.717) is 0 Å². The molecule has 0 fully saturated rings. The van der Waals surface area contributed by atoms with Gasteiger partial charge in [-0.1, -0.05) is 0 Å². The first kappa shape index (κ1) is 14.6. The van der Waals surface area contributed by atoms with Crippen molar-refractivity contribution in [2.45, 2.75) is 0 Å². The SMILES string of the molecule is [Cr+3].c1cc[cH-]c1.c1cc[cH-]c1.c1cc[cH-]c1. The number of rotatable bonds is 0. The molecule has 0 aliphatic carbocycles. The van der Waals surface area contributed by atoms with Gasteiger partial charge in [0.15, 0.2) is 0 Å². The van der Waals surface area contributed by atoms with Crippen LogP contribution in [0.15, 0.2) is 91.0 Å². The Kier molecular flexibility index (Phi) is 10.6. The van der Waals surface area contributed by atoms with E-state index in [0.717, 1.165) is 0 Å². The molecule has 0 atom stereocenters. The normalized spacial score (nSPS) is 7.50. The first-order chi connectivity index (χ1) is 7.50. The Balaban J connectivity index is 0.000000205. The summed E-state index contributed by atoms with van der Waals surface area (Å²) in [6.45, 7) is 0. The fourth-order valence-electron chi connectivity index (χ4n) is 0.962. The third kappa shape index (κ3) is 9.15. The van der Waals surface area contributed by atoms with E-state index in [2.05, 4.69) is 0 Å². The van der Waals surface area contributed by atoms with Gasteiger partial charge in [0, 0.05) is 0 Å². The van der Waals surface area contributed by atoms with Crippen LogP contribution in [0.3, 0.4) is 0 Å². The minimum absolute atomic E-state index is 0. The summed E-state index contributed by atoms with van der Waals surface area (Å²) in [4.78, 5) is 0. The minimum atomic E-state index is 0. The molecule has 0 spiro atoms. The maximum atomic E-state index is 2.00. The second-order valence-corrected chi connectivity index (χ2v) is 2.89. The van der Waals surface area contributed by atoms with Crippen LogP contribution in [-0.4, -0.2) is 0 Å². The Morgan fingerprint density at radius 1 is 0.375 bits per heavy atom. The van der Waals surface area contributed by atoms with E-state index in [4.69, 9.17) is 0 Å². The molecule has 0 unspecified atom stereocenters. The quantitative estimate of drug-likeness (QED) is 0.522. The first-order valence-corrected chi connectivity index (χ1v) is 5.00. The van der Waals surface area contributed by atoms with Gasteiger partial charge in [-0.05, 0) is 0 Å². The molecule has 0 N–H and O–H groups in total. The van der Waals surface area contributed by atoms with Crippen LogP contribution in [0, 0.1) is 0 Å². The standard InChI is InChI=1S/3C5H5.Cr/c3*1-2-4-5-3-1;/h3*1-5H;/q3*-1;+3. The zero-order valence-electron chi connectivity index (χ0n) is 9.07. The van der Waals surface area contributed by atoms with Crippen LogP contribution in [0.2, 0.25) is 0 Å². The topological polar surface area (TPSA) is 0 Å². The third-order valence-electron chi connectivity index (χ3n) is 1.67. The Morgan fingerprint density at radius 2 is 0.562 bits per heavy atom. The van der Waals surface area contributed by atoms with Crippen LogP contribution >= 0.6 is 0 Å². The van der Waals surface area contributed by atoms with Gasteiger partial charge >= 0.3 is 17.4 Å². The van der Waals surface area contributed by atoms with Gasteiger partial charge in [-0.2, -0.15) is 54.6 Å². The summed E-state index contributed by atoms with van der Waals surface area (Å²) in [6.07, 6.45) is 0. The van der Waals surface area contributed by atoms with Gasteiger partial charge in [0.1, 0.15) is 0 Å². The fourth-order valence-corrected chi connectivity index (χ4v) is 0.962. The van der Waals surface area contributed by atoms with Gasteiger partial charge in [0.2, 0.25) is 0 Å². The van der Waals surface area contributed by atoms with E-state index in [1.165, 1.54) is 0 Å². The molecule has 0 nitrogen and oxygen atoms in total. The molecule has 0 aromatic heterocycles. The second kappa shape index (κ2) is 11.7. The molecule has 0 aliphatic rings. The van der Waals surface area contributed by atoms with Crippen LogP contribution < -0.4 is 0 Å². The maximum Gasteiger partial charge on any atom is 3.00 e. The summed E-state index contributed by atoms with van der Waals surface area (Å²) < 4.78 is 0. The monoisotopic (exact) mass is 247 g/mol. The molecule has 0 bridgehead atoms. The van der Waals surface area contributed by atoms with E-state index in [9.17, 15) is 0 Å². The molecule has 1 heteroatoms.